The number of rotatable bonds is 4. The van der Waals surface area contributed by atoms with Crippen LogP contribution in [0.25, 0.3) is 16.9 Å². The van der Waals surface area contributed by atoms with Crippen molar-refractivity contribution in [3.05, 3.63) is 83.9 Å². The van der Waals surface area contributed by atoms with Crippen LogP contribution in [0.2, 0.25) is 0 Å². The zero-order valence-corrected chi connectivity index (χ0v) is 14.5. The number of aryl methyl sites for hydroxylation is 1. The van der Waals surface area contributed by atoms with Gasteiger partial charge in [-0.25, -0.2) is 13.8 Å². The molecule has 0 aliphatic carbocycles. The largest absolute Gasteiger partial charge is 0.357 e. The summed E-state index contributed by atoms with van der Waals surface area (Å²) in [5, 5.41) is 2.71. The average molecular weight is 366 g/mol. The third-order valence-electron chi connectivity index (χ3n) is 4.29. The number of pyridine rings is 1. The minimum atomic E-state index is -0.944. The van der Waals surface area contributed by atoms with Crippen LogP contribution in [0.3, 0.4) is 0 Å². The molecule has 0 atom stereocenters. The fourth-order valence-corrected chi connectivity index (χ4v) is 2.96. The maximum Gasteiger partial charge on any atom is 0.272 e. The van der Waals surface area contributed by atoms with Crippen LogP contribution in [0.1, 0.15) is 16.1 Å². The molecule has 5 nitrogen and oxygen atoms in total. The normalized spacial score (nSPS) is 11.1. The smallest absolute Gasteiger partial charge is 0.272 e. The number of nitrogens with one attached hydrogen (secondary N) is 1. The Morgan fingerprint density at radius 2 is 1.96 bits per heavy atom. The molecule has 0 aliphatic rings. The van der Waals surface area contributed by atoms with Crippen molar-refractivity contribution in [2.45, 2.75) is 6.54 Å². The van der Waals surface area contributed by atoms with E-state index in [1.54, 1.807) is 0 Å². The molecule has 0 aliphatic heterocycles. The van der Waals surface area contributed by atoms with E-state index in [0.717, 1.165) is 17.7 Å². The summed E-state index contributed by atoms with van der Waals surface area (Å²) in [4.78, 5) is 17.2. The molecule has 1 N–H and O–H groups in total. The topological polar surface area (TPSA) is 51.3 Å². The number of benzene rings is 1. The van der Waals surface area contributed by atoms with Gasteiger partial charge < -0.3 is 9.88 Å². The van der Waals surface area contributed by atoms with E-state index >= 15 is 0 Å². The predicted molar refractivity (Wildman–Crippen MR) is 97.1 cm³/mol. The van der Waals surface area contributed by atoms with E-state index in [1.165, 1.54) is 6.07 Å². The van der Waals surface area contributed by atoms with E-state index in [4.69, 9.17) is 0 Å². The molecule has 3 aromatic heterocycles. The second-order valence-corrected chi connectivity index (χ2v) is 6.24. The Kier molecular flexibility index (Phi) is 4.19. The van der Waals surface area contributed by atoms with Crippen molar-refractivity contribution < 1.29 is 13.6 Å². The first-order valence-corrected chi connectivity index (χ1v) is 8.34. The standard InChI is InChI=1S/C20H16F2N4O/c1-25-9-7-14(12-25)19-24-18(17-4-2-3-8-26(17)19)20(27)23-11-13-5-6-15(21)16(22)10-13/h2-10,12H,11H2,1H3,(H,23,27). The number of amides is 1. The molecule has 27 heavy (non-hydrogen) atoms. The summed E-state index contributed by atoms with van der Waals surface area (Å²) in [5.74, 6) is -1.59. The SMILES string of the molecule is Cn1ccc(-c2nc(C(=O)NCc3ccc(F)c(F)c3)c3ccccn23)c1. The van der Waals surface area contributed by atoms with Gasteiger partial charge in [0, 0.05) is 37.7 Å². The van der Waals surface area contributed by atoms with Crippen LogP contribution in [0.4, 0.5) is 8.78 Å². The number of carbonyl (C=O) groups is 1. The highest BCUT2D eigenvalue weighted by Crippen LogP contribution is 2.23. The number of nitrogens with zero attached hydrogens (tertiary/aromatic N) is 3. The summed E-state index contributed by atoms with van der Waals surface area (Å²) in [7, 11) is 1.91. The average Bonchev–Trinajstić information content (AvgIpc) is 3.26. The van der Waals surface area contributed by atoms with E-state index in [-0.39, 0.29) is 18.1 Å². The first kappa shape index (κ1) is 17.0. The molecule has 1 aromatic carbocycles. The predicted octanol–water partition coefficient (Wildman–Crippen LogP) is 3.55. The quantitative estimate of drug-likeness (QED) is 0.601. The number of fused-ring (bicyclic) bond motifs is 1. The van der Waals surface area contributed by atoms with Crippen molar-refractivity contribution in [1.82, 2.24) is 19.3 Å². The van der Waals surface area contributed by atoms with Crippen molar-refractivity contribution in [1.29, 1.82) is 0 Å². The number of hydrogen-bond donors (Lipinski definition) is 1. The Morgan fingerprint density at radius 1 is 1.11 bits per heavy atom. The molecule has 7 heteroatoms. The second kappa shape index (κ2) is 6.68. The lowest BCUT2D eigenvalue weighted by Gasteiger charge is -2.04. The van der Waals surface area contributed by atoms with Crippen LogP contribution in [-0.2, 0) is 13.6 Å². The maximum absolute atomic E-state index is 13.3. The summed E-state index contributed by atoms with van der Waals surface area (Å²) in [6, 6.07) is 11.0. The van der Waals surface area contributed by atoms with E-state index in [1.807, 2.05) is 58.9 Å². The minimum absolute atomic E-state index is 0.0720. The van der Waals surface area contributed by atoms with Crippen LogP contribution in [0.15, 0.2) is 61.1 Å². The van der Waals surface area contributed by atoms with Gasteiger partial charge >= 0.3 is 0 Å². The van der Waals surface area contributed by atoms with Crippen molar-refractivity contribution in [3.63, 3.8) is 0 Å². The molecule has 4 aromatic rings. The summed E-state index contributed by atoms with van der Waals surface area (Å²) >= 11 is 0. The molecule has 0 spiro atoms. The van der Waals surface area contributed by atoms with Crippen molar-refractivity contribution in [2.75, 3.05) is 0 Å². The summed E-state index contributed by atoms with van der Waals surface area (Å²) in [6.45, 7) is 0.0720. The van der Waals surface area contributed by atoms with E-state index in [9.17, 15) is 13.6 Å². The lowest BCUT2D eigenvalue weighted by atomic mass is 10.2. The van der Waals surface area contributed by atoms with Crippen molar-refractivity contribution in [3.8, 4) is 11.4 Å². The van der Waals surface area contributed by atoms with Gasteiger partial charge in [-0.3, -0.25) is 9.20 Å². The maximum atomic E-state index is 13.3. The summed E-state index contributed by atoms with van der Waals surface area (Å²) in [5.41, 5.74) is 2.29. The van der Waals surface area contributed by atoms with Crippen LogP contribution >= 0.6 is 0 Å². The van der Waals surface area contributed by atoms with Crippen LogP contribution in [0, 0.1) is 11.6 Å². The summed E-state index contributed by atoms with van der Waals surface area (Å²) in [6.07, 6.45) is 5.67. The first-order valence-electron chi connectivity index (χ1n) is 8.34. The van der Waals surface area contributed by atoms with Gasteiger partial charge in [0.2, 0.25) is 0 Å². The van der Waals surface area contributed by atoms with Crippen molar-refractivity contribution >= 4 is 11.4 Å². The van der Waals surface area contributed by atoms with E-state index in [0.29, 0.717) is 16.9 Å². The number of carbonyl (C=O) groups excluding carboxylic acids is 1. The Balaban J connectivity index is 1.64. The second-order valence-electron chi connectivity index (χ2n) is 6.24. The lowest BCUT2D eigenvalue weighted by Crippen LogP contribution is -2.23. The molecule has 0 saturated carbocycles. The fraction of sp³-hybridized carbons (Fsp3) is 0.100. The Morgan fingerprint density at radius 3 is 2.70 bits per heavy atom. The van der Waals surface area contributed by atoms with Gasteiger partial charge in [0.25, 0.3) is 5.91 Å². The third-order valence-corrected chi connectivity index (χ3v) is 4.29. The molecular weight excluding hydrogens is 350 g/mol. The zero-order valence-electron chi connectivity index (χ0n) is 14.5. The van der Waals surface area contributed by atoms with Crippen molar-refractivity contribution in [2.24, 2.45) is 7.05 Å². The van der Waals surface area contributed by atoms with Gasteiger partial charge in [-0.15, -0.1) is 0 Å². The highest BCUT2D eigenvalue weighted by Gasteiger charge is 2.18. The van der Waals surface area contributed by atoms with Gasteiger partial charge in [-0.2, -0.15) is 0 Å². The molecular formula is C20H16F2N4O. The number of imidazole rings is 1. The van der Waals surface area contributed by atoms with E-state index < -0.39 is 11.6 Å². The molecule has 4 rings (SSSR count). The van der Waals surface area contributed by atoms with Gasteiger partial charge in [-0.1, -0.05) is 12.1 Å². The molecule has 136 valence electrons. The Hall–Kier alpha value is -3.48. The number of hydrogen-bond acceptors (Lipinski definition) is 2. The monoisotopic (exact) mass is 366 g/mol. The molecule has 0 bridgehead atoms. The third kappa shape index (κ3) is 3.19. The van der Waals surface area contributed by atoms with Gasteiger partial charge in [0.1, 0.15) is 5.82 Å². The minimum Gasteiger partial charge on any atom is -0.357 e. The highest BCUT2D eigenvalue weighted by atomic mass is 19.2. The van der Waals surface area contributed by atoms with Crippen LogP contribution in [0.5, 0.6) is 0 Å². The molecule has 0 unspecified atom stereocenters. The zero-order chi connectivity index (χ0) is 19.0. The molecule has 0 saturated heterocycles. The molecule has 1 amide bonds. The van der Waals surface area contributed by atoms with Gasteiger partial charge in [0.05, 0.1) is 5.52 Å². The van der Waals surface area contributed by atoms with Crippen LogP contribution in [-0.4, -0.2) is 19.9 Å². The van der Waals surface area contributed by atoms with Gasteiger partial charge in [0.15, 0.2) is 17.3 Å². The number of aromatic nitrogens is 3. The first-order chi connectivity index (χ1) is 13.0. The highest BCUT2D eigenvalue weighted by molar-refractivity contribution is 6.00. The molecule has 0 radical (unpaired) electrons. The lowest BCUT2D eigenvalue weighted by molar-refractivity contribution is 0.0948. The Bertz CT molecular complexity index is 1150. The molecule has 0 fully saturated rings. The molecule has 3 heterocycles. The van der Waals surface area contributed by atoms with E-state index in [2.05, 4.69) is 10.3 Å². The Labute approximate surface area is 153 Å². The number of halogens is 2. The fourth-order valence-electron chi connectivity index (χ4n) is 2.96. The van der Waals surface area contributed by atoms with Gasteiger partial charge in [-0.05, 0) is 35.9 Å². The summed E-state index contributed by atoms with van der Waals surface area (Å²) < 4.78 is 30.1. The van der Waals surface area contributed by atoms with Crippen LogP contribution < -0.4 is 5.32 Å².